The van der Waals surface area contributed by atoms with E-state index < -0.39 is 11.6 Å². The first-order valence-electron chi connectivity index (χ1n) is 5.19. The molecule has 0 bridgehead atoms. The molecule has 2 rings (SSSR count). The van der Waals surface area contributed by atoms with Crippen LogP contribution in [0, 0.1) is 11.6 Å². The van der Waals surface area contributed by atoms with Gasteiger partial charge in [0.15, 0.2) is 0 Å². The number of hydrogen-bond acceptors (Lipinski definition) is 3. The maximum atomic E-state index is 12.9. The van der Waals surface area contributed by atoms with Gasteiger partial charge in [0.1, 0.15) is 17.5 Å². The summed E-state index contributed by atoms with van der Waals surface area (Å²) >= 11 is 0. The normalized spacial score (nSPS) is 10.2. The van der Waals surface area contributed by atoms with E-state index in [-0.39, 0.29) is 0 Å². The Morgan fingerprint density at radius 3 is 2.47 bits per heavy atom. The molecule has 0 aliphatic rings. The van der Waals surface area contributed by atoms with Gasteiger partial charge in [-0.05, 0) is 24.1 Å². The number of nitrogens with zero attached hydrogens (tertiary/aromatic N) is 2. The maximum Gasteiger partial charge on any atom is 0.144 e. The quantitative estimate of drug-likeness (QED) is 0.884. The van der Waals surface area contributed by atoms with Crippen LogP contribution in [0.25, 0.3) is 0 Å². The Morgan fingerprint density at radius 1 is 1.06 bits per heavy atom. The number of aromatic nitrogens is 2. The van der Waals surface area contributed by atoms with Crippen LogP contribution in [0.4, 0.5) is 14.6 Å². The highest BCUT2D eigenvalue weighted by atomic mass is 19.1. The minimum absolute atomic E-state index is 0.519. The van der Waals surface area contributed by atoms with Gasteiger partial charge in [0.25, 0.3) is 0 Å². The molecule has 0 spiro atoms. The standard InChI is InChI=1S/C12H11F2N3/c13-10-5-9(6-11(14)7-10)1-2-16-12-8-15-3-4-17-12/h3-8H,1-2H2,(H,16,17). The summed E-state index contributed by atoms with van der Waals surface area (Å²) < 4.78 is 25.8. The summed E-state index contributed by atoms with van der Waals surface area (Å²) in [7, 11) is 0. The van der Waals surface area contributed by atoms with Crippen LogP contribution in [0.2, 0.25) is 0 Å². The van der Waals surface area contributed by atoms with E-state index >= 15 is 0 Å². The van der Waals surface area contributed by atoms with Crippen molar-refractivity contribution in [3.63, 3.8) is 0 Å². The van der Waals surface area contributed by atoms with Crippen molar-refractivity contribution < 1.29 is 8.78 Å². The largest absolute Gasteiger partial charge is 0.368 e. The average Bonchev–Trinajstić information content (AvgIpc) is 2.29. The molecule has 5 heteroatoms. The number of benzene rings is 1. The zero-order valence-corrected chi connectivity index (χ0v) is 9.03. The van der Waals surface area contributed by atoms with Crippen LogP contribution in [-0.4, -0.2) is 16.5 Å². The first-order valence-corrected chi connectivity index (χ1v) is 5.19. The molecule has 1 aromatic heterocycles. The third-order valence-electron chi connectivity index (χ3n) is 2.21. The van der Waals surface area contributed by atoms with Gasteiger partial charge in [-0.2, -0.15) is 0 Å². The highest BCUT2D eigenvalue weighted by Crippen LogP contribution is 2.08. The van der Waals surface area contributed by atoms with Gasteiger partial charge in [-0.1, -0.05) is 0 Å². The molecule has 1 N–H and O–H groups in total. The van der Waals surface area contributed by atoms with Gasteiger partial charge in [-0.25, -0.2) is 13.8 Å². The van der Waals surface area contributed by atoms with E-state index in [0.717, 1.165) is 6.07 Å². The van der Waals surface area contributed by atoms with Crippen molar-refractivity contribution in [3.05, 3.63) is 54.0 Å². The van der Waals surface area contributed by atoms with E-state index in [1.807, 2.05) is 0 Å². The van der Waals surface area contributed by atoms with E-state index in [0.29, 0.717) is 24.3 Å². The van der Waals surface area contributed by atoms with Gasteiger partial charge in [0.05, 0.1) is 6.20 Å². The second-order valence-electron chi connectivity index (χ2n) is 3.55. The molecule has 0 saturated heterocycles. The second kappa shape index (κ2) is 5.34. The molecular weight excluding hydrogens is 224 g/mol. The zero-order chi connectivity index (χ0) is 12.1. The van der Waals surface area contributed by atoms with Gasteiger partial charge < -0.3 is 5.32 Å². The first kappa shape index (κ1) is 11.4. The molecule has 0 amide bonds. The Morgan fingerprint density at radius 2 is 1.82 bits per heavy atom. The summed E-state index contributed by atoms with van der Waals surface area (Å²) in [6, 6.07) is 3.50. The Bertz CT molecular complexity index is 468. The number of hydrogen-bond donors (Lipinski definition) is 1. The predicted octanol–water partition coefficient (Wildman–Crippen LogP) is 2.41. The van der Waals surface area contributed by atoms with Crippen molar-refractivity contribution in [1.82, 2.24) is 9.97 Å². The Balaban J connectivity index is 1.90. The molecule has 1 aromatic carbocycles. The fourth-order valence-electron chi connectivity index (χ4n) is 1.48. The number of nitrogens with one attached hydrogen (secondary N) is 1. The monoisotopic (exact) mass is 235 g/mol. The van der Waals surface area contributed by atoms with Crippen LogP contribution in [0.5, 0.6) is 0 Å². The van der Waals surface area contributed by atoms with E-state index in [9.17, 15) is 8.78 Å². The first-order chi connectivity index (χ1) is 8.24. The van der Waals surface area contributed by atoms with Gasteiger partial charge in [-0.3, -0.25) is 4.98 Å². The molecule has 0 aliphatic heterocycles. The summed E-state index contributed by atoms with van der Waals surface area (Å²) in [6.45, 7) is 0.543. The van der Waals surface area contributed by atoms with Crippen LogP contribution in [0.15, 0.2) is 36.8 Å². The number of rotatable bonds is 4. The Labute approximate surface area is 97.5 Å². The molecule has 0 atom stereocenters. The fraction of sp³-hybridized carbons (Fsp3) is 0.167. The Kier molecular flexibility index (Phi) is 3.59. The molecule has 3 nitrogen and oxygen atoms in total. The summed E-state index contributed by atoms with van der Waals surface area (Å²) in [6.07, 6.45) is 5.26. The number of halogens is 2. The molecule has 0 aliphatic carbocycles. The van der Waals surface area contributed by atoms with Gasteiger partial charge >= 0.3 is 0 Å². The van der Waals surface area contributed by atoms with E-state index in [4.69, 9.17) is 0 Å². The van der Waals surface area contributed by atoms with Crippen molar-refractivity contribution in [3.8, 4) is 0 Å². The van der Waals surface area contributed by atoms with Crippen LogP contribution in [-0.2, 0) is 6.42 Å². The third-order valence-corrected chi connectivity index (χ3v) is 2.21. The minimum Gasteiger partial charge on any atom is -0.368 e. The summed E-state index contributed by atoms with van der Waals surface area (Å²) in [5.41, 5.74) is 0.610. The van der Waals surface area contributed by atoms with Crippen LogP contribution >= 0.6 is 0 Å². The number of anilines is 1. The summed E-state index contributed by atoms with van der Waals surface area (Å²) in [5.74, 6) is -0.469. The SMILES string of the molecule is Fc1cc(F)cc(CCNc2cnccn2)c1. The lowest BCUT2D eigenvalue weighted by Crippen LogP contribution is -2.06. The lowest BCUT2D eigenvalue weighted by molar-refractivity contribution is 0.580. The van der Waals surface area contributed by atoms with E-state index in [1.54, 1.807) is 18.6 Å². The predicted molar refractivity (Wildman–Crippen MR) is 60.6 cm³/mol. The van der Waals surface area contributed by atoms with Crippen molar-refractivity contribution >= 4 is 5.82 Å². The molecule has 88 valence electrons. The fourth-order valence-corrected chi connectivity index (χ4v) is 1.48. The lowest BCUT2D eigenvalue weighted by atomic mass is 10.1. The van der Waals surface area contributed by atoms with Crippen molar-refractivity contribution in [2.24, 2.45) is 0 Å². The van der Waals surface area contributed by atoms with Crippen molar-refractivity contribution in [2.45, 2.75) is 6.42 Å². The highest BCUT2D eigenvalue weighted by molar-refractivity contribution is 5.30. The summed E-state index contributed by atoms with van der Waals surface area (Å²) in [4.78, 5) is 7.92. The molecule has 0 fully saturated rings. The highest BCUT2D eigenvalue weighted by Gasteiger charge is 2.00. The second-order valence-corrected chi connectivity index (χ2v) is 3.55. The van der Waals surface area contributed by atoms with Crippen molar-refractivity contribution in [1.29, 1.82) is 0 Å². The van der Waals surface area contributed by atoms with Crippen LogP contribution < -0.4 is 5.32 Å². The van der Waals surface area contributed by atoms with Crippen molar-refractivity contribution in [2.75, 3.05) is 11.9 Å². The van der Waals surface area contributed by atoms with Gasteiger partial charge in [0.2, 0.25) is 0 Å². The van der Waals surface area contributed by atoms with E-state index in [2.05, 4.69) is 15.3 Å². The smallest absolute Gasteiger partial charge is 0.144 e. The van der Waals surface area contributed by atoms with Crippen LogP contribution in [0.3, 0.4) is 0 Å². The third kappa shape index (κ3) is 3.48. The average molecular weight is 235 g/mol. The molecule has 0 unspecified atom stereocenters. The lowest BCUT2D eigenvalue weighted by Gasteiger charge is -2.05. The topological polar surface area (TPSA) is 37.8 Å². The van der Waals surface area contributed by atoms with Gasteiger partial charge in [0, 0.05) is 25.0 Å². The minimum atomic E-state index is -0.556. The molecule has 2 aromatic rings. The zero-order valence-electron chi connectivity index (χ0n) is 9.03. The van der Waals surface area contributed by atoms with Crippen LogP contribution in [0.1, 0.15) is 5.56 Å². The molecular formula is C12H11F2N3. The maximum absolute atomic E-state index is 12.9. The molecule has 0 radical (unpaired) electrons. The molecule has 1 heterocycles. The molecule has 17 heavy (non-hydrogen) atoms. The van der Waals surface area contributed by atoms with Gasteiger partial charge in [-0.15, -0.1) is 0 Å². The Hall–Kier alpha value is -2.04. The molecule has 0 saturated carbocycles. The van der Waals surface area contributed by atoms with E-state index in [1.165, 1.54) is 12.1 Å². The summed E-state index contributed by atoms with van der Waals surface area (Å²) in [5, 5.41) is 3.01.